The molecule has 0 aliphatic carbocycles. The van der Waals surface area contributed by atoms with Crippen LogP contribution in [0.5, 0.6) is 0 Å². The molecule has 2 heterocycles. The van der Waals surface area contributed by atoms with Crippen molar-refractivity contribution in [3.05, 3.63) is 46.8 Å². The maximum Gasteiger partial charge on any atom is 0.307 e. The number of aryl methyl sites for hydroxylation is 1. The Kier molecular flexibility index (Phi) is 4.48. The first-order chi connectivity index (χ1) is 11.1. The normalized spacial score (nSPS) is 14.7. The second-order valence-electron chi connectivity index (χ2n) is 6.26. The highest BCUT2D eigenvalue weighted by Crippen LogP contribution is 2.25. The van der Waals surface area contributed by atoms with Crippen LogP contribution in [0.25, 0.3) is 5.69 Å². The molecule has 3 rings (SSSR count). The van der Waals surface area contributed by atoms with E-state index in [2.05, 4.69) is 23.6 Å². The number of aromatic nitrogens is 2. The summed E-state index contributed by atoms with van der Waals surface area (Å²) < 4.78 is 2.05. The van der Waals surface area contributed by atoms with E-state index in [0.717, 1.165) is 43.6 Å². The molecule has 0 saturated heterocycles. The van der Waals surface area contributed by atoms with Crippen molar-refractivity contribution in [3.8, 4) is 5.69 Å². The summed E-state index contributed by atoms with van der Waals surface area (Å²) in [5.41, 5.74) is 5.70. The van der Waals surface area contributed by atoms with Gasteiger partial charge in [0.15, 0.2) is 0 Å². The van der Waals surface area contributed by atoms with Crippen LogP contribution in [0.15, 0.2) is 24.3 Å². The minimum Gasteiger partial charge on any atom is -0.481 e. The maximum absolute atomic E-state index is 10.8. The second-order valence-corrected chi connectivity index (χ2v) is 6.26. The van der Waals surface area contributed by atoms with Crippen LogP contribution in [0.1, 0.15) is 35.9 Å². The van der Waals surface area contributed by atoms with Crippen molar-refractivity contribution in [1.82, 2.24) is 14.7 Å². The van der Waals surface area contributed by atoms with E-state index >= 15 is 0 Å². The van der Waals surface area contributed by atoms with Crippen molar-refractivity contribution in [1.29, 1.82) is 0 Å². The highest BCUT2D eigenvalue weighted by atomic mass is 16.4. The predicted molar refractivity (Wildman–Crippen MR) is 88.9 cm³/mol. The van der Waals surface area contributed by atoms with Crippen molar-refractivity contribution < 1.29 is 9.90 Å². The molecule has 0 radical (unpaired) electrons. The topological polar surface area (TPSA) is 58.4 Å². The standard InChI is InChI=1S/C18H23N3O2/c1-3-4-16-15-12-20(2)10-9-17(15)21(19-16)14-7-5-13(6-8-14)11-18(22)23/h5-8H,3-4,9-12H2,1-2H3,(H,22,23). The third kappa shape index (κ3) is 3.29. The number of hydrogen-bond donors (Lipinski definition) is 1. The molecular weight excluding hydrogens is 290 g/mol. The molecule has 5 nitrogen and oxygen atoms in total. The summed E-state index contributed by atoms with van der Waals surface area (Å²) >= 11 is 0. The predicted octanol–water partition coefficient (Wildman–Crippen LogP) is 2.44. The molecule has 122 valence electrons. The summed E-state index contributed by atoms with van der Waals surface area (Å²) in [6, 6.07) is 7.71. The number of carboxylic acids is 1. The van der Waals surface area contributed by atoms with E-state index in [4.69, 9.17) is 10.2 Å². The van der Waals surface area contributed by atoms with Crippen molar-refractivity contribution >= 4 is 5.97 Å². The van der Waals surface area contributed by atoms with Gasteiger partial charge in [0.25, 0.3) is 0 Å². The first-order valence-electron chi connectivity index (χ1n) is 8.17. The summed E-state index contributed by atoms with van der Waals surface area (Å²) in [5.74, 6) is -0.803. The number of likely N-dealkylation sites (N-methyl/N-ethyl adjacent to an activating group) is 1. The maximum atomic E-state index is 10.8. The van der Waals surface area contributed by atoms with Crippen LogP contribution in [-0.2, 0) is 30.6 Å². The molecule has 1 aromatic carbocycles. The van der Waals surface area contributed by atoms with Gasteiger partial charge in [-0.1, -0.05) is 25.5 Å². The monoisotopic (exact) mass is 313 g/mol. The fourth-order valence-corrected chi connectivity index (χ4v) is 3.20. The number of nitrogens with zero attached hydrogens (tertiary/aromatic N) is 3. The molecule has 1 aliphatic heterocycles. The van der Waals surface area contributed by atoms with Crippen molar-refractivity contribution in [2.45, 2.75) is 39.2 Å². The molecule has 2 aromatic rings. The number of carboxylic acid groups (broad SMARTS) is 1. The molecule has 1 aliphatic rings. The Bertz CT molecular complexity index is 704. The van der Waals surface area contributed by atoms with Crippen LogP contribution in [0.4, 0.5) is 0 Å². The van der Waals surface area contributed by atoms with Crippen LogP contribution in [0.3, 0.4) is 0 Å². The lowest BCUT2D eigenvalue weighted by atomic mass is 10.0. The van der Waals surface area contributed by atoms with Gasteiger partial charge < -0.3 is 10.0 Å². The highest BCUT2D eigenvalue weighted by Gasteiger charge is 2.23. The molecule has 0 fully saturated rings. The molecule has 0 bridgehead atoms. The van der Waals surface area contributed by atoms with E-state index in [0.29, 0.717) is 0 Å². The Morgan fingerprint density at radius 3 is 2.70 bits per heavy atom. The Hall–Kier alpha value is -2.14. The number of hydrogen-bond acceptors (Lipinski definition) is 3. The van der Waals surface area contributed by atoms with Crippen LogP contribution in [-0.4, -0.2) is 39.3 Å². The molecule has 23 heavy (non-hydrogen) atoms. The fraction of sp³-hybridized carbons (Fsp3) is 0.444. The van der Waals surface area contributed by atoms with Gasteiger partial charge in [0, 0.05) is 25.1 Å². The summed E-state index contributed by atoms with van der Waals surface area (Å²) in [7, 11) is 2.15. The van der Waals surface area contributed by atoms with E-state index in [9.17, 15) is 4.79 Å². The van der Waals surface area contributed by atoms with Gasteiger partial charge >= 0.3 is 5.97 Å². The van der Waals surface area contributed by atoms with E-state index in [1.807, 2.05) is 24.3 Å². The van der Waals surface area contributed by atoms with E-state index in [-0.39, 0.29) is 6.42 Å². The lowest BCUT2D eigenvalue weighted by Crippen LogP contribution is -2.27. The van der Waals surface area contributed by atoms with E-state index in [1.54, 1.807) is 0 Å². The van der Waals surface area contributed by atoms with Gasteiger partial charge in [-0.2, -0.15) is 5.10 Å². The number of rotatable bonds is 5. The Balaban J connectivity index is 1.96. The molecule has 0 unspecified atom stereocenters. The molecule has 1 aromatic heterocycles. The van der Waals surface area contributed by atoms with Gasteiger partial charge in [-0.05, 0) is 31.2 Å². The minimum absolute atomic E-state index is 0.0589. The lowest BCUT2D eigenvalue weighted by molar-refractivity contribution is -0.136. The minimum atomic E-state index is -0.803. The average molecular weight is 313 g/mol. The average Bonchev–Trinajstić information content (AvgIpc) is 2.86. The zero-order valence-corrected chi connectivity index (χ0v) is 13.7. The summed E-state index contributed by atoms with van der Waals surface area (Å²) in [6.45, 7) is 4.18. The molecule has 0 amide bonds. The molecule has 0 atom stereocenters. The number of fused-ring (bicyclic) bond motifs is 1. The second kappa shape index (κ2) is 6.54. The first-order valence-corrected chi connectivity index (χ1v) is 8.17. The largest absolute Gasteiger partial charge is 0.481 e. The van der Waals surface area contributed by atoms with Crippen molar-refractivity contribution in [2.75, 3.05) is 13.6 Å². The van der Waals surface area contributed by atoms with Gasteiger partial charge in [0.1, 0.15) is 0 Å². The zero-order chi connectivity index (χ0) is 16.4. The number of aliphatic carboxylic acids is 1. The Morgan fingerprint density at radius 1 is 1.30 bits per heavy atom. The van der Waals surface area contributed by atoms with Crippen molar-refractivity contribution in [2.24, 2.45) is 0 Å². The van der Waals surface area contributed by atoms with Crippen LogP contribution < -0.4 is 0 Å². The van der Waals surface area contributed by atoms with Gasteiger partial charge in [0.05, 0.1) is 23.5 Å². The van der Waals surface area contributed by atoms with Crippen molar-refractivity contribution in [3.63, 3.8) is 0 Å². The summed E-state index contributed by atoms with van der Waals surface area (Å²) in [5, 5.41) is 13.7. The first kappa shape index (κ1) is 15.7. The SMILES string of the molecule is CCCc1nn(-c2ccc(CC(=O)O)cc2)c2c1CN(C)CC2. The fourth-order valence-electron chi connectivity index (χ4n) is 3.20. The smallest absolute Gasteiger partial charge is 0.307 e. The third-order valence-electron chi connectivity index (χ3n) is 4.35. The summed E-state index contributed by atoms with van der Waals surface area (Å²) in [6.07, 6.45) is 3.15. The van der Waals surface area contributed by atoms with Crippen LogP contribution >= 0.6 is 0 Å². The highest BCUT2D eigenvalue weighted by molar-refractivity contribution is 5.70. The van der Waals surface area contributed by atoms with Gasteiger partial charge in [-0.3, -0.25) is 4.79 Å². The summed E-state index contributed by atoms with van der Waals surface area (Å²) in [4.78, 5) is 13.1. The van der Waals surface area contributed by atoms with Crippen LogP contribution in [0, 0.1) is 0 Å². The van der Waals surface area contributed by atoms with Crippen LogP contribution in [0.2, 0.25) is 0 Å². The van der Waals surface area contributed by atoms with Gasteiger partial charge in [-0.15, -0.1) is 0 Å². The third-order valence-corrected chi connectivity index (χ3v) is 4.35. The Morgan fingerprint density at radius 2 is 2.04 bits per heavy atom. The quantitative estimate of drug-likeness (QED) is 0.921. The van der Waals surface area contributed by atoms with Gasteiger partial charge in [0.2, 0.25) is 0 Å². The molecule has 5 heteroatoms. The molecule has 0 saturated carbocycles. The van der Waals surface area contributed by atoms with E-state index in [1.165, 1.54) is 17.0 Å². The number of benzene rings is 1. The number of carbonyl (C=O) groups is 1. The van der Waals surface area contributed by atoms with Gasteiger partial charge in [-0.25, -0.2) is 4.68 Å². The zero-order valence-electron chi connectivity index (χ0n) is 13.7. The van der Waals surface area contributed by atoms with E-state index < -0.39 is 5.97 Å². The lowest BCUT2D eigenvalue weighted by Gasteiger charge is -2.23. The molecular formula is C18H23N3O2. The Labute approximate surface area is 136 Å². The molecule has 1 N–H and O–H groups in total. The molecule has 0 spiro atoms.